The highest BCUT2D eigenvalue weighted by atomic mass is 35.5. The number of benzene rings is 1. The molecule has 3 rings (SSSR count). The van der Waals surface area contributed by atoms with Gasteiger partial charge in [-0.2, -0.15) is 0 Å². The van der Waals surface area contributed by atoms with Gasteiger partial charge in [0.15, 0.2) is 5.58 Å². The zero-order chi connectivity index (χ0) is 23.5. The Hall–Kier alpha value is -2.43. The molecule has 32 heavy (non-hydrogen) atoms. The third-order valence-corrected chi connectivity index (χ3v) is 5.44. The molecule has 2 atom stereocenters. The summed E-state index contributed by atoms with van der Waals surface area (Å²) in [5.74, 6) is -1.09. The lowest BCUT2D eigenvalue weighted by Gasteiger charge is -2.24. The highest BCUT2D eigenvalue weighted by Gasteiger charge is 2.29. The van der Waals surface area contributed by atoms with Crippen LogP contribution in [0.25, 0.3) is 11.0 Å². The first-order valence-electron chi connectivity index (χ1n) is 9.71. The van der Waals surface area contributed by atoms with Crippen LogP contribution in [-0.2, 0) is 9.53 Å². The maximum Gasteiger partial charge on any atom is 0.314 e. The Kier molecular flexibility index (Phi) is 7.58. The Morgan fingerprint density at radius 3 is 2.59 bits per heavy atom. The summed E-state index contributed by atoms with van der Waals surface area (Å²) in [6.07, 6.45) is 1.12. The van der Waals surface area contributed by atoms with E-state index < -0.39 is 36.7 Å². The molecule has 2 aromatic heterocycles. The van der Waals surface area contributed by atoms with Crippen molar-refractivity contribution in [2.75, 3.05) is 19.8 Å². The highest BCUT2D eigenvalue weighted by Crippen LogP contribution is 2.36. The summed E-state index contributed by atoms with van der Waals surface area (Å²) in [4.78, 5) is 16.7. The molecule has 0 spiro atoms. The lowest BCUT2D eigenvalue weighted by Crippen LogP contribution is -2.52. The van der Waals surface area contributed by atoms with E-state index in [2.05, 4.69) is 10.1 Å². The number of halogens is 2. The zero-order valence-corrected chi connectivity index (χ0v) is 18.9. The van der Waals surface area contributed by atoms with E-state index in [0.29, 0.717) is 38.2 Å². The van der Waals surface area contributed by atoms with Gasteiger partial charge in [-0.25, -0.2) is 0 Å². The normalized spacial score (nSPS) is 13.7. The topological polar surface area (TPSA) is 141 Å². The maximum absolute atomic E-state index is 12.4. The van der Waals surface area contributed by atoms with Crippen LogP contribution in [0, 0.1) is 0 Å². The SMILES string of the molecule is CC(Oc1cc2onc(C(C)C(=O)OCC(N)(CO)CO)c2cc1Cl)c1ccc(Cl)cn1. The van der Waals surface area contributed by atoms with Crippen molar-refractivity contribution in [3.8, 4) is 5.75 Å². The van der Waals surface area contributed by atoms with Gasteiger partial charge in [-0.1, -0.05) is 28.4 Å². The number of pyridine rings is 1. The summed E-state index contributed by atoms with van der Waals surface area (Å²) in [7, 11) is 0. The number of carbonyl (C=O) groups is 1. The number of esters is 1. The van der Waals surface area contributed by atoms with Crippen molar-refractivity contribution < 1.29 is 29.0 Å². The van der Waals surface area contributed by atoms with Crippen LogP contribution in [0.5, 0.6) is 5.75 Å². The molecule has 0 aliphatic carbocycles. The van der Waals surface area contributed by atoms with E-state index in [9.17, 15) is 15.0 Å². The minimum atomic E-state index is -1.42. The molecule has 0 saturated heterocycles. The van der Waals surface area contributed by atoms with Gasteiger partial charge in [-0.3, -0.25) is 9.78 Å². The smallest absolute Gasteiger partial charge is 0.314 e. The quantitative estimate of drug-likeness (QED) is 0.391. The third kappa shape index (κ3) is 5.31. The van der Waals surface area contributed by atoms with Crippen molar-refractivity contribution in [1.29, 1.82) is 0 Å². The molecule has 4 N–H and O–H groups in total. The first-order valence-corrected chi connectivity index (χ1v) is 10.5. The maximum atomic E-state index is 12.4. The van der Waals surface area contributed by atoms with Gasteiger partial charge in [0.1, 0.15) is 30.1 Å². The fourth-order valence-corrected chi connectivity index (χ4v) is 3.15. The number of aliphatic hydroxyl groups is 2. The lowest BCUT2D eigenvalue weighted by molar-refractivity contribution is -0.148. The summed E-state index contributed by atoms with van der Waals surface area (Å²) in [6.45, 7) is 1.97. The van der Waals surface area contributed by atoms with Gasteiger partial charge in [0.05, 0.1) is 34.5 Å². The van der Waals surface area contributed by atoms with Crippen LogP contribution in [0.3, 0.4) is 0 Å². The number of nitrogens with two attached hydrogens (primary N) is 1. The van der Waals surface area contributed by atoms with Crippen LogP contribution < -0.4 is 10.5 Å². The summed E-state index contributed by atoms with van der Waals surface area (Å²) in [5, 5.41) is 23.8. The van der Waals surface area contributed by atoms with E-state index in [1.807, 2.05) is 6.92 Å². The molecule has 172 valence electrons. The van der Waals surface area contributed by atoms with Crippen molar-refractivity contribution in [1.82, 2.24) is 10.1 Å². The minimum absolute atomic E-state index is 0.296. The molecular weight excluding hydrogens is 461 g/mol. The Balaban J connectivity index is 1.77. The molecule has 9 nitrogen and oxygen atoms in total. The second kappa shape index (κ2) is 10.0. The molecule has 11 heteroatoms. The first kappa shape index (κ1) is 24.2. The molecule has 1 aromatic carbocycles. The van der Waals surface area contributed by atoms with Crippen LogP contribution in [0.1, 0.15) is 37.3 Å². The van der Waals surface area contributed by atoms with Crippen LogP contribution in [0.2, 0.25) is 10.0 Å². The zero-order valence-electron chi connectivity index (χ0n) is 17.4. The molecule has 2 unspecified atom stereocenters. The van der Waals surface area contributed by atoms with Gasteiger partial charge in [0.25, 0.3) is 0 Å². The van der Waals surface area contributed by atoms with Gasteiger partial charge < -0.3 is 29.9 Å². The fraction of sp³-hybridized carbons (Fsp3) is 0.381. The lowest BCUT2D eigenvalue weighted by atomic mass is 10.0. The Morgan fingerprint density at radius 2 is 1.97 bits per heavy atom. The van der Waals surface area contributed by atoms with E-state index in [-0.39, 0.29) is 6.61 Å². The number of hydrogen-bond donors (Lipinski definition) is 3. The van der Waals surface area contributed by atoms with Gasteiger partial charge in [-0.15, -0.1) is 0 Å². The minimum Gasteiger partial charge on any atom is -0.483 e. The van der Waals surface area contributed by atoms with Gasteiger partial charge in [0.2, 0.25) is 0 Å². The standard InChI is InChI=1S/C21H23Cl2N3O6/c1-11(20(29)30-10-21(24,8-27)9-28)19-14-5-15(23)18(6-17(14)32-26-19)31-12(2)16-4-3-13(22)7-25-16/h3-7,11-12,27-28H,8-10,24H2,1-2H3. The fourth-order valence-electron chi connectivity index (χ4n) is 2.83. The second-order valence-electron chi connectivity index (χ2n) is 7.52. The molecular formula is C21H23Cl2N3O6. The van der Waals surface area contributed by atoms with Gasteiger partial charge >= 0.3 is 5.97 Å². The Bertz CT molecular complexity index is 1090. The van der Waals surface area contributed by atoms with Crippen molar-refractivity contribution in [2.45, 2.75) is 31.4 Å². The molecule has 0 aliphatic rings. The number of rotatable bonds is 9. The average molecular weight is 484 g/mol. The highest BCUT2D eigenvalue weighted by molar-refractivity contribution is 6.32. The van der Waals surface area contributed by atoms with Gasteiger partial charge in [0, 0.05) is 17.6 Å². The van der Waals surface area contributed by atoms with Crippen LogP contribution in [0.4, 0.5) is 0 Å². The largest absolute Gasteiger partial charge is 0.483 e. The van der Waals surface area contributed by atoms with E-state index in [0.717, 1.165) is 0 Å². The second-order valence-corrected chi connectivity index (χ2v) is 8.36. The Labute approximate surface area is 194 Å². The summed E-state index contributed by atoms with van der Waals surface area (Å²) in [6, 6.07) is 6.65. The van der Waals surface area contributed by atoms with E-state index in [4.69, 9.17) is 42.9 Å². The summed E-state index contributed by atoms with van der Waals surface area (Å²) < 4.78 is 16.4. The Morgan fingerprint density at radius 1 is 1.25 bits per heavy atom. The monoisotopic (exact) mass is 483 g/mol. The molecule has 0 bridgehead atoms. The van der Waals surface area contributed by atoms with Crippen molar-refractivity contribution in [3.63, 3.8) is 0 Å². The van der Waals surface area contributed by atoms with Crippen LogP contribution >= 0.6 is 23.2 Å². The van der Waals surface area contributed by atoms with E-state index >= 15 is 0 Å². The first-order chi connectivity index (χ1) is 15.2. The molecule has 0 aliphatic heterocycles. The van der Waals surface area contributed by atoms with Crippen molar-refractivity contribution in [3.05, 3.63) is 51.9 Å². The number of aromatic nitrogens is 2. The molecule has 0 amide bonds. The third-order valence-electron chi connectivity index (χ3n) is 4.92. The van der Waals surface area contributed by atoms with Crippen LogP contribution in [-0.4, -0.2) is 51.7 Å². The van der Waals surface area contributed by atoms with E-state index in [1.165, 1.54) is 6.20 Å². The molecule has 0 saturated carbocycles. The number of hydrogen-bond acceptors (Lipinski definition) is 9. The molecule has 3 aromatic rings. The predicted octanol–water partition coefficient (Wildman–Crippen LogP) is 3.00. The number of carbonyl (C=O) groups excluding carboxylic acids is 1. The number of ether oxygens (including phenoxy) is 2. The summed E-state index contributed by atoms with van der Waals surface area (Å²) in [5.41, 5.74) is 5.66. The molecule has 0 radical (unpaired) electrons. The van der Waals surface area contributed by atoms with Gasteiger partial charge in [-0.05, 0) is 32.0 Å². The molecule has 2 heterocycles. The summed E-state index contributed by atoms with van der Waals surface area (Å²) >= 11 is 12.3. The van der Waals surface area contributed by atoms with Crippen LogP contribution in [0.15, 0.2) is 35.0 Å². The predicted molar refractivity (Wildman–Crippen MR) is 118 cm³/mol. The number of fused-ring (bicyclic) bond motifs is 1. The van der Waals surface area contributed by atoms with Crippen molar-refractivity contribution in [2.24, 2.45) is 5.73 Å². The molecule has 0 fully saturated rings. The number of nitrogens with zero attached hydrogens (tertiary/aromatic N) is 2. The van der Waals surface area contributed by atoms with Crippen molar-refractivity contribution >= 4 is 40.1 Å². The average Bonchev–Trinajstić information content (AvgIpc) is 3.19. The number of aliphatic hydroxyl groups excluding tert-OH is 2. The van der Waals surface area contributed by atoms with E-state index in [1.54, 1.807) is 31.2 Å².